The lowest BCUT2D eigenvalue weighted by molar-refractivity contribution is -0.137. The fraction of sp³-hybridized carbons (Fsp3) is 0.625. The molecule has 1 fully saturated rings. The summed E-state index contributed by atoms with van der Waals surface area (Å²) in [6.45, 7) is 2.86. The van der Waals surface area contributed by atoms with Crippen molar-refractivity contribution >= 4 is 0 Å². The van der Waals surface area contributed by atoms with Gasteiger partial charge in [-0.25, -0.2) is 0 Å². The van der Waals surface area contributed by atoms with Crippen LogP contribution in [0.3, 0.4) is 0 Å². The Kier molecular flexibility index (Phi) is 5.65. The van der Waals surface area contributed by atoms with Crippen LogP contribution in [0.15, 0.2) is 24.3 Å². The molecule has 0 radical (unpaired) electrons. The second-order valence-electron chi connectivity index (χ2n) is 5.88. The Hall–Kier alpha value is -1.07. The van der Waals surface area contributed by atoms with Crippen molar-refractivity contribution < 1.29 is 13.2 Å². The summed E-state index contributed by atoms with van der Waals surface area (Å²) in [7, 11) is 0. The fourth-order valence-electron chi connectivity index (χ4n) is 2.89. The van der Waals surface area contributed by atoms with Crippen molar-refractivity contribution in [3.63, 3.8) is 0 Å². The quantitative estimate of drug-likeness (QED) is 0.923. The van der Waals surface area contributed by atoms with Gasteiger partial charge in [0.05, 0.1) is 5.56 Å². The molecule has 2 nitrogen and oxygen atoms in total. The Morgan fingerprint density at radius 3 is 2.38 bits per heavy atom. The summed E-state index contributed by atoms with van der Waals surface area (Å²) >= 11 is 0. The molecule has 2 rings (SSSR count). The Morgan fingerprint density at radius 1 is 1.10 bits per heavy atom. The molecule has 1 aliphatic heterocycles. The third kappa shape index (κ3) is 5.32. The zero-order valence-corrected chi connectivity index (χ0v) is 12.2. The molecule has 1 aliphatic rings. The summed E-state index contributed by atoms with van der Waals surface area (Å²) < 4.78 is 38.1. The van der Waals surface area contributed by atoms with Crippen LogP contribution in [0.5, 0.6) is 0 Å². The predicted octanol–water partition coefficient (Wildman–Crippen LogP) is 3.45. The lowest BCUT2D eigenvalue weighted by Crippen LogP contribution is -2.39. The van der Waals surface area contributed by atoms with Crippen LogP contribution in [0.1, 0.15) is 36.8 Å². The lowest BCUT2D eigenvalue weighted by Gasteiger charge is -2.24. The minimum atomic E-state index is -4.29. The average Bonchev–Trinajstić information content (AvgIpc) is 2.66. The highest BCUT2D eigenvalue weighted by atomic mass is 19.4. The van der Waals surface area contributed by atoms with Crippen LogP contribution >= 0.6 is 0 Å². The first-order chi connectivity index (χ1) is 9.95. The number of hydrogen-bond donors (Lipinski definition) is 1. The van der Waals surface area contributed by atoms with Crippen molar-refractivity contribution in [3.05, 3.63) is 35.4 Å². The summed E-state index contributed by atoms with van der Waals surface area (Å²) in [5.74, 6) is 0. The van der Waals surface area contributed by atoms with E-state index in [1.165, 1.54) is 37.8 Å². The van der Waals surface area contributed by atoms with E-state index in [1.807, 2.05) is 0 Å². The molecule has 1 aromatic carbocycles. The first-order valence-electron chi connectivity index (χ1n) is 7.59. The van der Waals surface area contributed by atoms with Crippen molar-refractivity contribution in [2.45, 2.75) is 44.3 Å². The smallest absolute Gasteiger partial charge is 0.326 e. The molecule has 1 saturated heterocycles. The van der Waals surface area contributed by atoms with Crippen LogP contribution in [-0.4, -0.2) is 30.6 Å². The van der Waals surface area contributed by atoms with E-state index in [1.54, 1.807) is 6.07 Å². The molecule has 1 heterocycles. The summed E-state index contributed by atoms with van der Waals surface area (Å²) in [6.07, 6.45) is 1.11. The zero-order valence-electron chi connectivity index (χ0n) is 12.2. The molecule has 0 spiro atoms. The van der Waals surface area contributed by atoms with Gasteiger partial charge in [-0.2, -0.15) is 13.2 Å². The molecule has 1 unspecified atom stereocenters. The van der Waals surface area contributed by atoms with E-state index in [0.29, 0.717) is 12.0 Å². The van der Waals surface area contributed by atoms with Gasteiger partial charge in [0.15, 0.2) is 0 Å². The van der Waals surface area contributed by atoms with E-state index in [-0.39, 0.29) is 6.04 Å². The largest absolute Gasteiger partial charge is 0.416 e. The van der Waals surface area contributed by atoms with Crippen molar-refractivity contribution in [2.24, 2.45) is 5.73 Å². The van der Waals surface area contributed by atoms with Crippen LogP contribution in [0.4, 0.5) is 13.2 Å². The summed E-state index contributed by atoms with van der Waals surface area (Å²) in [6, 6.07) is 5.37. The molecule has 0 bridgehead atoms. The fourth-order valence-corrected chi connectivity index (χ4v) is 2.89. The van der Waals surface area contributed by atoms with E-state index in [0.717, 1.165) is 25.7 Å². The molecular formula is C16H23F3N2. The van der Waals surface area contributed by atoms with Crippen molar-refractivity contribution in [1.29, 1.82) is 0 Å². The molecule has 2 N–H and O–H groups in total. The third-order valence-corrected chi connectivity index (χ3v) is 3.94. The second kappa shape index (κ2) is 7.27. The third-order valence-electron chi connectivity index (χ3n) is 3.94. The van der Waals surface area contributed by atoms with Crippen LogP contribution < -0.4 is 5.73 Å². The van der Waals surface area contributed by atoms with Gasteiger partial charge in [0.25, 0.3) is 0 Å². The molecule has 0 saturated carbocycles. The van der Waals surface area contributed by atoms with Gasteiger partial charge in [-0.05, 0) is 44.0 Å². The summed E-state index contributed by atoms with van der Waals surface area (Å²) in [4.78, 5) is 2.34. The highest BCUT2D eigenvalue weighted by Gasteiger charge is 2.30. The van der Waals surface area contributed by atoms with Gasteiger partial charge in [0.2, 0.25) is 0 Å². The Bertz CT molecular complexity index is 437. The SMILES string of the molecule is NC(Cc1cccc(C(F)(F)F)c1)CN1CCCCCC1. The van der Waals surface area contributed by atoms with Gasteiger partial charge in [0, 0.05) is 12.6 Å². The van der Waals surface area contributed by atoms with E-state index in [4.69, 9.17) is 5.73 Å². The van der Waals surface area contributed by atoms with E-state index >= 15 is 0 Å². The lowest BCUT2D eigenvalue weighted by atomic mass is 10.0. The maximum Gasteiger partial charge on any atom is 0.416 e. The van der Waals surface area contributed by atoms with E-state index in [9.17, 15) is 13.2 Å². The molecule has 21 heavy (non-hydrogen) atoms. The van der Waals surface area contributed by atoms with Crippen LogP contribution in [-0.2, 0) is 12.6 Å². The Balaban J connectivity index is 1.91. The molecule has 5 heteroatoms. The molecule has 1 atom stereocenters. The van der Waals surface area contributed by atoms with E-state index < -0.39 is 11.7 Å². The number of likely N-dealkylation sites (tertiary alicyclic amines) is 1. The minimum absolute atomic E-state index is 0.119. The van der Waals surface area contributed by atoms with Crippen LogP contribution in [0.25, 0.3) is 0 Å². The van der Waals surface area contributed by atoms with Gasteiger partial charge < -0.3 is 10.6 Å². The summed E-state index contributed by atoms with van der Waals surface area (Å²) in [5.41, 5.74) is 6.19. The highest BCUT2D eigenvalue weighted by Crippen LogP contribution is 2.29. The maximum absolute atomic E-state index is 12.7. The highest BCUT2D eigenvalue weighted by molar-refractivity contribution is 5.26. The zero-order chi connectivity index (χ0) is 15.3. The molecule has 0 aromatic heterocycles. The normalized spacial score (nSPS) is 19.2. The molecule has 118 valence electrons. The standard InChI is InChI=1S/C16H23F3N2/c17-16(18,19)14-7-5-6-13(10-14)11-15(20)12-21-8-3-1-2-4-9-21/h5-7,10,15H,1-4,8-9,11-12,20H2. The minimum Gasteiger partial charge on any atom is -0.326 e. The molecule has 0 aliphatic carbocycles. The van der Waals surface area contributed by atoms with E-state index in [2.05, 4.69) is 4.90 Å². The van der Waals surface area contributed by atoms with Gasteiger partial charge in [0.1, 0.15) is 0 Å². The first-order valence-corrected chi connectivity index (χ1v) is 7.59. The molecular weight excluding hydrogens is 277 g/mol. The average molecular weight is 300 g/mol. The number of halogens is 3. The molecule has 0 amide bonds. The molecule has 1 aromatic rings. The van der Waals surface area contributed by atoms with Crippen molar-refractivity contribution in [2.75, 3.05) is 19.6 Å². The number of benzene rings is 1. The number of alkyl halides is 3. The first kappa shape index (κ1) is 16.3. The van der Waals surface area contributed by atoms with Crippen LogP contribution in [0.2, 0.25) is 0 Å². The Morgan fingerprint density at radius 2 is 1.76 bits per heavy atom. The summed E-state index contributed by atoms with van der Waals surface area (Å²) in [5, 5.41) is 0. The topological polar surface area (TPSA) is 29.3 Å². The number of hydrogen-bond acceptors (Lipinski definition) is 2. The van der Waals surface area contributed by atoms with Crippen molar-refractivity contribution in [1.82, 2.24) is 4.90 Å². The maximum atomic E-state index is 12.7. The number of nitrogens with two attached hydrogens (primary N) is 1. The van der Waals surface area contributed by atoms with Gasteiger partial charge >= 0.3 is 6.18 Å². The van der Waals surface area contributed by atoms with Gasteiger partial charge in [-0.3, -0.25) is 0 Å². The number of nitrogens with zero attached hydrogens (tertiary/aromatic N) is 1. The van der Waals surface area contributed by atoms with Gasteiger partial charge in [-0.1, -0.05) is 31.0 Å². The predicted molar refractivity (Wildman–Crippen MR) is 78.0 cm³/mol. The van der Waals surface area contributed by atoms with Gasteiger partial charge in [-0.15, -0.1) is 0 Å². The van der Waals surface area contributed by atoms with Crippen molar-refractivity contribution in [3.8, 4) is 0 Å². The van der Waals surface area contributed by atoms with Crippen LogP contribution in [0, 0.1) is 0 Å². The number of rotatable bonds is 4. The monoisotopic (exact) mass is 300 g/mol. The Labute approximate surface area is 124 Å². The second-order valence-corrected chi connectivity index (χ2v) is 5.88.